The summed E-state index contributed by atoms with van der Waals surface area (Å²) in [5, 5.41) is 1.72. The van der Waals surface area contributed by atoms with Crippen LogP contribution in [0.25, 0.3) is 11.0 Å². The summed E-state index contributed by atoms with van der Waals surface area (Å²) in [5.74, 6) is 0.0931. The summed E-state index contributed by atoms with van der Waals surface area (Å²) < 4.78 is 0. The quantitative estimate of drug-likeness (QED) is 0.867. The van der Waals surface area contributed by atoms with Crippen LogP contribution in [0.1, 0.15) is 17.3 Å². The third kappa shape index (κ3) is 2.81. The maximum Gasteiger partial charge on any atom is 0.254 e. The average Bonchev–Trinajstić information content (AvgIpc) is 3.22. The van der Waals surface area contributed by atoms with Crippen molar-refractivity contribution in [1.29, 1.82) is 0 Å². The van der Waals surface area contributed by atoms with E-state index in [1.807, 2.05) is 34.9 Å². The lowest BCUT2D eigenvalue weighted by Gasteiger charge is -2.35. The van der Waals surface area contributed by atoms with E-state index in [4.69, 9.17) is 0 Å². The predicted molar refractivity (Wildman–Crippen MR) is 92.9 cm³/mol. The van der Waals surface area contributed by atoms with E-state index < -0.39 is 0 Å². The number of benzene rings is 1. The van der Waals surface area contributed by atoms with Crippen LogP contribution in [0.4, 0.5) is 0 Å². The van der Waals surface area contributed by atoms with E-state index in [9.17, 15) is 4.79 Å². The van der Waals surface area contributed by atoms with Crippen LogP contribution >= 0.6 is 11.8 Å². The Morgan fingerprint density at radius 2 is 2.13 bits per heavy atom. The van der Waals surface area contributed by atoms with Crippen molar-refractivity contribution >= 4 is 33.9 Å². The maximum atomic E-state index is 12.7. The van der Waals surface area contributed by atoms with E-state index in [-0.39, 0.29) is 5.91 Å². The number of aliphatic imine (C=N–C) groups is 1. The highest BCUT2D eigenvalue weighted by Gasteiger charge is 2.27. The summed E-state index contributed by atoms with van der Waals surface area (Å²) in [7, 11) is 0. The molecule has 6 nitrogen and oxygen atoms in total. The number of amides is 1. The summed E-state index contributed by atoms with van der Waals surface area (Å²) in [6, 6.07) is 5.63. The van der Waals surface area contributed by atoms with E-state index in [2.05, 4.69) is 26.8 Å². The summed E-state index contributed by atoms with van der Waals surface area (Å²) in [6.45, 7) is 6.31. The second-order valence-corrected chi connectivity index (χ2v) is 7.37. The molecule has 4 rings (SSSR count). The zero-order valence-corrected chi connectivity index (χ0v) is 13.8. The first-order valence-corrected chi connectivity index (χ1v) is 8.77. The van der Waals surface area contributed by atoms with Gasteiger partial charge in [0.05, 0.1) is 23.9 Å². The molecule has 2 aliphatic rings. The molecule has 1 fully saturated rings. The number of thioether (sulfide) groups is 1. The van der Waals surface area contributed by atoms with Gasteiger partial charge in [-0.2, -0.15) is 0 Å². The standard InChI is InChI=1S/C16H19N5OS/c1-11-9-17-16(23-11)21-6-4-20(5-7-21)15(22)12-2-3-13-14(8-12)19-10-18-13/h2-3,8,10-11H,4-7,9H2,1H3,(H,18,19). The minimum absolute atomic E-state index is 0.0931. The van der Waals surface area contributed by atoms with Crippen molar-refractivity contribution in [3.8, 4) is 0 Å². The Morgan fingerprint density at radius 3 is 2.87 bits per heavy atom. The number of carbonyl (C=O) groups excluding carboxylic acids is 1. The number of fused-ring (bicyclic) bond motifs is 1. The topological polar surface area (TPSA) is 64.6 Å². The lowest BCUT2D eigenvalue weighted by atomic mass is 10.1. The number of hydrogen-bond acceptors (Lipinski definition) is 5. The van der Waals surface area contributed by atoms with Gasteiger partial charge in [0.1, 0.15) is 0 Å². The van der Waals surface area contributed by atoms with Crippen LogP contribution in [0.3, 0.4) is 0 Å². The van der Waals surface area contributed by atoms with Crippen molar-refractivity contribution < 1.29 is 4.79 Å². The van der Waals surface area contributed by atoms with Crippen LogP contribution in [-0.4, -0.2) is 68.8 Å². The number of rotatable bonds is 1. The molecule has 0 spiro atoms. The Hall–Kier alpha value is -2.02. The number of hydrogen-bond donors (Lipinski definition) is 1. The number of imidazole rings is 1. The summed E-state index contributed by atoms with van der Waals surface area (Å²) in [5.41, 5.74) is 2.51. The van der Waals surface area contributed by atoms with Crippen LogP contribution in [0, 0.1) is 0 Å². The molecule has 1 aromatic carbocycles. The van der Waals surface area contributed by atoms with Gasteiger partial charge in [-0.25, -0.2) is 4.98 Å². The number of aromatic nitrogens is 2. The molecule has 7 heteroatoms. The van der Waals surface area contributed by atoms with Crippen LogP contribution in [-0.2, 0) is 0 Å². The van der Waals surface area contributed by atoms with Crippen molar-refractivity contribution in [2.75, 3.05) is 32.7 Å². The lowest BCUT2D eigenvalue weighted by molar-refractivity contribution is 0.0694. The highest BCUT2D eigenvalue weighted by molar-refractivity contribution is 8.14. The Labute approximate surface area is 139 Å². The first-order valence-electron chi connectivity index (χ1n) is 7.89. The highest BCUT2D eigenvalue weighted by atomic mass is 32.2. The molecule has 1 aromatic heterocycles. The minimum Gasteiger partial charge on any atom is -0.348 e. The minimum atomic E-state index is 0.0931. The molecule has 1 amide bonds. The van der Waals surface area contributed by atoms with Crippen molar-refractivity contribution in [2.24, 2.45) is 4.99 Å². The smallest absolute Gasteiger partial charge is 0.254 e. The number of nitrogens with one attached hydrogen (secondary N) is 1. The van der Waals surface area contributed by atoms with Crippen LogP contribution in [0.15, 0.2) is 29.5 Å². The van der Waals surface area contributed by atoms with Gasteiger partial charge < -0.3 is 14.8 Å². The zero-order chi connectivity index (χ0) is 15.8. The first-order chi connectivity index (χ1) is 11.2. The van der Waals surface area contributed by atoms with Gasteiger partial charge >= 0.3 is 0 Å². The third-order valence-corrected chi connectivity index (χ3v) is 5.44. The molecule has 1 N–H and O–H groups in total. The number of H-pyrrole nitrogens is 1. The number of nitrogens with zero attached hydrogens (tertiary/aromatic N) is 4. The van der Waals surface area contributed by atoms with Gasteiger partial charge in [-0.05, 0) is 18.2 Å². The van der Waals surface area contributed by atoms with Crippen molar-refractivity contribution in [3.63, 3.8) is 0 Å². The van der Waals surface area contributed by atoms with Crippen molar-refractivity contribution in [3.05, 3.63) is 30.1 Å². The molecule has 1 atom stereocenters. The van der Waals surface area contributed by atoms with Crippen molar-refractivity contribution in [2.45, 2.75) is 12.2 Å². The molecule has 1 saturated heterocycles. The number of carbonyl (C=O) groups is 1. The summed E-state index contributed by atoms with van der Waals surface area (Å²) in [6.07, 6.45) is 1.65. The van der Waals surface area contributed by atoms with Crippen LogP contribution in [0.5, 0.6) is 0 Å². The fraction of sp³-hybridized carbons (Fsp3) is 0.438. The predicted octanol–water partition coefficient (Wildman–Crippen LogP) is 1.81. The number of amidine groups is 1. The van der Waals surface area contributed by atoms with E-state index in [1.54, 1.807) is 6.33 Å². The number of aromatic amines is 1. The van der Waals surface area contributed by atoms with E-state index in [0.717, 1.165) is 54.5 Å². The zero-order valence-electron chi connectivity index (χ0n) is 13.0. The van der Waals surface area contributed by atoms with Gasteiger partial charge in [0.15, 0.2) is 5.17 Å². The van der Waals surface area contributed by atoms with Gasteiger partial charge in [-0.3, -0.25) is 9.79 Å². The van der Waals surface area contributed by atoms with Crippen LogP contribution < -0.4 is 0 Å². The Morgan fingerprint density at radius 1 is 1.30 bits per heavy atom. The maximum absolute atomic E-state index is 12.7. The molecule has 3 heterocycles. The SMILES string of the molecule is CC1CN=C(N2CCN(C(=O)c3ccc4nc[nH]c4c3)CC2)S1. The molecular weight excluding hydrogens is 310 g/mol. The third-order valence-electron chi connectivity index (χ3n) is 4.29. The lowest BCUT2D eigenvalue weighted by Crippen LogP contribution is -2.49. The second kappa shape index (κ2) is 5.88. The number of piperazine rings is 1. The molecule has 23 heavy (non-hydrogen) atoms. The van der Waals surface area contributed by atoms with E-state index >= 15 is 0 Å². The van der Waals surface area contributed by atoms with Gasteiger partial charge in [0, 0.05) is 37.0 Å². The second-order valence-electron chi connectivity index (χ2n) is 5.97. The molecule has 0 aliphatic carbocycles. The fourth-order valence-corrected chi connectivity index (χ4v) is 3.98. The van der Waals surface area contributed by atoms with Gasteiger partial charge in [-0.15, -0.1) is 0 Å². The molecule has 2 aliphatic heterocycles. The molecule has 0 radical (unpaired) electrons. The van der Waals surface area contributed by atoms with Gasteiger partial charge in [0.25, 0.3) is 5.91 Å². The molecular formula is C16H19N5OS. The Balaban J connectivity index is 1.42. The largest absolute Gasteiger partial charge is 0.348 e. The Bertz CT molecular complexity index is 763. The first kappa shape index (κ1) is 14.6. The molecule has 1 unspecified atom stereocenters. The molecule has 2 aromatic rings. The summed E-state index contributed by atoms with van der Waals surface area (Å²) >= 11 is 1.84. The average molecular weight is 329 g/mol. The molecule has 0 bridgehead atoms. The molecule has 120 valence electrons. The monoisotopic (exact) mass is 329 g/mol. The summed E-state index contributed by atoms with van der Waals surface area (Å²) in [4.78, 5) is 28.7. The molecule has 0 saturated carbocycles. The van der Waals surface area contributed by atoms with E-state index in [0.29, 0.717) is 5.25 Å². The highest BCUT2D eigenvalue weighted by Crippen LogP contribution is 2.24. The normalized spacial score (nSPS) is 21.8. The van der Waals surface area contributed by atoms with E-state index in [1.165, 1.54) is 0 Å². The van der Waals surface area contributed by atoms with Crippen molar-refractivity contribution in [1.82, 2.24) is 19.8 Å². The Kier molecular flexibility index (Phi) is 3.72. The van der Waals surface area contributed by atoms with Gasteiger partial charge in [0.2, 0.25) is 0 Å². The van der Waals surface area contributed by atoms with Gasteiger partial charge in [-0.1, -0.05) is 18.7 Å². The fourth-order valence-electron chi connectivity index (χ4n) is 2.99. The van der Waals surface area contributed by atoms with Crippen LogP contribution in [0.2, 0.25) is 0 Å².